The number of aromatic nitrogens is 3. The Morgan fingerprint density at radius 2 is 1.90 bits per heavy atom. The number of rotatable bonds is 3. The van der Waals surface area contributed by atoms with Crippen LogP contribution in [0.4, 0.5) is 19.1 Å². The van der Waals surface area contributed by atoms with E-state index in [0.29, 0.717) is 5.56 Å². The van der Waals surface area contributed by atoms with Gasteiger partial charge in [-0.25, -0.2) is 5.43 Å². The number of hydrazone groups is 1. The van der Waals surface area contributed by atoms with Crippen LogP contribution in [0.1, 0.15) is 16.8 Å². The highest BCUT2D eigenvalue weighted by Gasteiger charge is 2.29. The Kier molecular flexibility index (Phi) is 4.01. The van der Waals surface area contributed by atoms with Gasteiger partial charge in [0.15, 0.2) is 0 Å². The van der Waals surface area contributed by atoms with Gasteiger partial charge in [-0.05, 0) is 24.6 Å². The molecule has 2 rings (SSSR count). The van der Waals surface area contributed by atoms with Gasteiger partial charge in [0.2, 0.25) is 5.95 Å². The average Bonchev–Trinajstić information content (AvgIpc) is 2.42. The molecule has 21 heavy (non-hydrogen) atoms. The second-order valence-electron chi connectivity index (χ2n) is 4.08. The summed E-state index contributed by atoms with van der Waals surface area (Å²) in [6, 6.07) is 4.46. The number of aryl methyl sites for hydroxylation is 1. The van der Waals surface area contributed by atoms with Gasteiger partial charge in [0, 0.05) is 0 Å². The Hall–Kier alpha value is -2.71. The summed E-state index contributed by atoms with van der Waals surface area (Å²) < 4.78 is 37.1. The van der Waals surface area contributed by atoms with E-state index in [1.165, 1.54) is 25.3 Å². The van der Waals surface area contributed by atoms with Crippen molar-refractivity contribution in [3.8, 4) is 0 Å². The van der Waals surface area contributed by atoms with Crippen molar-refractivity contribution in [1.82, 2.24) is 15.2 Å². The zero-order chi connectivity index (χ0) is 15.5. The standard InChI is InChI=1S/C12H10F3N5O/c1-7-10(21)17-11(20-18-7)19-16-6-8-2-4-9(5-3-8)12(13,14)15/h2-6H,1H3,(H2,17,19,20,21). The van der Waals surface area contributed by atoms with Crippen LogP contribution in [-0.2, 0) is 6.18 Å². The maximum absolute atomic E-state index is 12.4. The lowest BCUT2D eigenvalue weighted by Crippen LogP contribution is -2.15. The van der Waals surface area contributed by atoms with Gasteiger partial charge in [-0.15, -0.1) is 10.2 Å². The summed E-state index contributed by atoms with van der Waals surface area (Å²) in [6.07, 6.45) is -3.08. The normalized spacial score (nSPS) is 11.8. The van der Waals surface area contributed by atoms with Gasteiger partial charge >= 0.3 is 6.18 Å². The largest absolute Gasteiger partial charge is 0.416 e. The molecule has 0 aliphatic carbocycles. The van der Waals surface area contributed by atoms with Crippen LogP contribution in [0.2, 0.25) is 0 Å². The van der Waals surface area contributed by atoms with E-state index < -0.39 is 17.3 Å². The molecular formula is C12H10F3N5O. The number of nitrogens with one attached hydrogen (secondary N) is 2. The zero-order valence-electron chi connectivity index (χ0n) is 10.8. The van der Waals surface area contributed by atoms with E-state index in [9.17, 15) is 18.0 Å². The minimum absolute atomic E-state index is 0.0359. The van der Waals surface area contributed by atoms with E-state index in [2.05, 4.69) is 25.7 Å². The highest BCUT2D eigenvalue weighted by atomic mass is 19.4. The smallest absolute Gasteiger partial charge is 0.288 e. The number of hydrogen-bond donors (Lipinski definition) is 2. The molecule has 1 aromatic carbocycles. The first-order valence-corrected chi connectivity index (χ1v) is 5.76. The number of alkyl halides is 3. The monoisotopic (exact) mass is 297 g/mol. The molecule has 0 unspecified atom stereocenters. The highest BCUT2D eigenvalue weighted by Crippen LogP contribution is 2.28. The molecule has 0 spiro atoms. The van der Waals surface area contributed by atoms with Crippen molar-refractivity contribution >= 4 is 12.2 Å². The van der Waals surface area contributed by atoms with Gasteiger partial charge in [-0.1, -0.05) is 12.1 Å². The first-order valence-electron chi connectivity index (χ1n) is 5.76. The van der Waals surface area contributed by atoms with E-state index in [-0.39, 0.29) is 11.6 Å². The fourth-order valence-electron chi connectivity index (χ4n) is 1.37. The number of nitrogens with zero attached hydrogens (tertiary/aromatic N) is 3. The lowest BCUT2D eigenvalue weighted by molar-refractivity contribution is -0.137. The molecule has 0 aliphatic rings. The van der Waals surface area contributed by atoms with Gasteiger partial charge in [0.05, 0.1) is 11.8 Å². The quantitative estimate of drug-likeness (QED) is 0.670. The molecule has 1 heterocycles. The maximum atomic E-state index is 12.4. The van der Waals surface area contributed by atoms with Crippen molar-refractivity contribution in [2.24, 2.45) is 5.10 Å². The number of halogens is 3. The van der Waals surface area contributed by atoms with Crippen LogP contribution < -0.4 is 11.0 Å². The molecule has 0 aliphatic heterocycles. The van der Waals surface area contributed by atoms with E-state index in [0.717, 1.165) is 12.1 Å². The van der Waals surface area contributed by atoms with E-state index in [1.54, 1.807) is 0 Å². The first-order chi connectivity index (χ1) is 9.86. The second kappa shape index (κ2) is 5.73. The van der Waals surface area contributed by atoms with Gasteiger partial charge < -0.3 is 0 Å². The third-order valence-corrected chi connectivity index (χ3v) is 2.48. The van der Waals surface area contributed by atoms with Crippen molar-refractivity contribution in [2.45, 2.75) is 13.1 Å². The van der Waals surface area contributed by atoms with Crippen molar-refractivity contribution in [2.75, 3.05) is 5.43 Å². The number of hydrogen-bond acceptors (Lipinski definition) is 5. The van der Waals surface area contributed by atoms with Gasteiger partial charge in [0.25, 0.3) is 5.56 Å². The Labute approximate surface area is 116 Å². The molecule has 0 amide bonds. The van der Waals surface area contributed by atoms with Gasteiger partial charge in [-0.3, -0.25) is 9.78 Å². The molecule has 0 fully saturated rings. The molecule has 0 bridgehead atoms. The Balaban J connectivity index is 2.04. The summed E-state index contributed by atoms with van der Waals surface area (Å²) in [6.45, 7) is 1.50. The molecule has 0 radical (unpaired) electrons. The van der Waals surface area contributed by atoms with Crippen LogP contribution in [0.3, 0.4) is 0 Å². The number of aromatic amines is 1. The molecule has 6 nitrogen and oxygen atoms in total. The van der Waals surface area contributed by atoms with Crippen LogP contribution >= 0.6 is 0 Å². The van der Waals surface area contributed by atoms with Crippen LogP contribution in [-0.4, -0.2) is 21.4 Å². The van der Waals surface area contributed by atoms with Gasteiger partial charge in [-0.2, -0.15) is 18.3 Å². The summed E-state index contributed by atoms with van der Waals surface area (Å²) in [5, 5.41) is 11.0. The minimum Gasteiger partial charge on any atom is -0.288 e. The van der Waals surface area contributed by atoms with E-state index in [1.807, 2.05) is 0 Å². The topological polar surface area (TPSA) is 83.0 Å². The van der Waals surface area contributed by atoms with Crippen molar-refractivity contribution in [3.63, 3.8) is 0 Å². The summed E-state index contributed by atoms with van der Waals surface area (Å²) in [5.41, 5.74) is 1.96. The minimum atomic E-state index is -4.37. The van der Waals surface area contributed by atoms with Crippen LogP contribution in [0, 0.1) is 6.92 Å². The average molecular weight is 297 g/mol. The molecule has 9 heteroatoms. The summed E-state index contributed by atoms with van der Waals surface area (Å²) in [5.74, 6) is 0.0359. The Morgan fingerprint density at radius 3 is 2.48 bits per heavy atom. The molecule has 2 N–H and O–H groups in total. The van der Waals surface area contributed by atoms with E-state index >= 15 is 0 Å². The summed E-state index contributed by atoms with van der Waals surface area (Å²) in [4.78, 5) is 13.6. The molecule has 0 saturated carbocycles. The number of anilines is 1. The van der Waals surface area contributed by atoms with Gasteiger partial charge in [0.1, 0.15) is 5.69 Å². The third-order valence-electron chi connectivity index (χ3n) is 2.48. The predicted octanol–water partition coefficient (Wildman–Crippen LogP) is 1.94. The highest BCUT2D eigenvalue weighted by molar-refractivity contribution is 5.80. The lowest BCUT2D eigenvalue weighted by Gasteiger charge is -2.05. The van der Waals surface area contributed by atoms with Crippen LogP contribution in [0.25, 0.3) is 0 Å². The first kappa shape index (κ1) is 14.7. The van der Waals surface area contributed by atoms with Crippen LogP contribution in [0.5, 0.6) is 0 Å². The number of H-pyrrole nitrogens is 1. The van der Waals surface area contributed by atoms with E-state index in [4.69, 9.17) is 0 Å². The van der Waals surface area contributed by atoms with Crippen molar-refractivity contribution in [3.05, 3.63) is 51.4 Å². The molecular weight excluding hydrogens is 287 g/mol. The van der Waals surface area contributed by atoms with Crippen molar-refractivity contribution < 1.29 is 13.2 Å². The third kappa shape index (κ3) is 3.88. The molecule has 2 aromatic rings. The second-order valence-corrected chi connectivity index (χ2v) is 4.08. The fraction of sp³-hybridized carbons (Fsp3) is 0.167. The SMILES string of the molecule is Cc1nnc(NN=Cc2ccc(C(F)(F)F)cc2)[nH]c1=O. The Morgan fingerprint density at radius 1 is 1.24 bits per heavy atom. The predicted molar refractivity (Wildman–Crippen MR) is 70.1 cm³/mol. The Bertz CT molecular complexity index is 706. The molecule has 1 aromatic heterocycles. The lowest BCUT2D eigenvalue weighted by atomic mass is 10.1. The fourth-order valence-corrected chi connectivity index (χ4v) is 1.37. The number of benzene rings is 1. The van der Waals surface area contributed by atoms with Crippen LogP contribution in [0.15, 0.2) is 34.2 Å². The van der Waals surface area contributed by atoms with Crippen molar-refractivity contribution in [1.29, 1.82) is 0 Å². The molecule has 0 saturated heterocycles. The molecule has 0 atom stereocenters. The maximum Gasteiger partial charge on any atom is 0.416 e. The molecule has 110 valence electrons. The summed E-state index contributed by atoms with van der Waals surface area (Å²) in [7, 11) is 0. The summed E-state index contributed by atoms with van der Waals surface area (Å²) >= 11 is 0. The zero-order valence-corrected chi connectivity index (χ0v) is 10.8.